The zero-order chi connectivity index (χ0) is 50.0. The third-order valence-corrected chi connectivity index (χ3v) is 13.4. The maximum atomic E-state index is 14.2. The van der Waals surface area contributed by atoms with Crippen molar-refractivity contribution >= 4 is 46.9 Å². The number of imide groups is 1. The van der Waals surface area contributed by atoms with Gasteiger partial charge in [-0.15, -0.1) is 0 Å². The van der Waals surface area contributed by atoms with E-state index >= 15 is 0 Å². The Morgan fingerprint density at radius 1 is 0.873 bits per heavy atom. The summed E-state index contributed by atoms with van der Waals surface area (Å²) in [6, 6.07) is 14.9. The number of unbranched alkanes of at least 4 members (excludes halogenated alkanes) is 9. The Bertz CT molecular complexity index is 2510. The Labute approximate surface area is 415 Å². The maximum absolute atomic E-state index is 14.2. The van der Waals surface area contributed by atoms with Crippen molar-refractivity contribution in [2.45, 2.75) is 141 Å². The fourth-order valence-corrected chi connectivity index (χ4v) is 9.27. The van der Waals surface area contributed by atoms with E-state index in [1.165, 1.54) is 49.4 Å². The van der Waals surface area contributed by atoms with E-state index in [1.54, 1.807) is 19.4 Å². The van der Waals surface area contributed by atoms with Gasteiger partial charge in [-0.05, 0) is 75.3 Å². The Morgan fingerprint density at radius 3 is 2.25 bits per heavy atom. The second-order valence-corrected chi connectivity index (χ2v) is 18.9. The number of aromatic amines is 1. The lowest BCUT2D eigenvalue weighted by molar-refractivity contribution is -0.147. The van der Waals surface area contributed by atoms with E-state index in [0.717, 1.165) is 66.6 Å². The van der Waals surface area contributed by atoms with Gasteiger partial charge in [0, 0.05) is 94.4 Å². The number of amides is 4. The summed E-state index contributed by atoms with van der Waals surface area (Å²) in [5.41, 5.74) is 3.40. The van der Waals surface area contributed by atoms with E-state index in [-0.39, 0.29) is 29.5 Å². The Kier molecular flexibility index (Phi) is 19.0. The van der Waals surface area contributed by atoms with Crippen LogP contribution in [-0.4, -0.2) is 97.4 Å². The van der Waals surface area contributed by atoms with Crippen molar-refractivity contribution in [3.63, 3.8) is 0 Å². The average Bonchev–Trinajstić information content (AvgIpc) is 4.00. The molecule has 19 heteroatoms. The highest BCUT2D eigenvalue weighted by atomic mass is 19.1. The number of hydrogen-bond acceptors (Lipinski definition) is 13. The van der Waals surface area contributed by atoms with Crippen LogP contribution in [0.1, 0.15) is 144 Å². The van der Waals surface area contributed by atoms with Gasteiger partial charge in [-0.1, -0.05) is 69.6 Å². The van der Waals surface area contributed by atoms with Gasteiger partial charge in [0.2, 0.25) is 23.7 Å². The fraction of sp³-hybridized carbons (Fsp3) is 0.519. The van der Waals surface area contributed by atoms with E-state index in [2.05, 4.69) is 56.7 Å². The predicted molar refractivity (Wildman–Crippen MR) is 270 cm³/mol. The molecular weight excluding hydrogens is 906 g/mol. The standard InChI is InChI=1S/C52H70FN13O5/c1-36-31-44(60-45-32-37(2)63-64-45)61-51(58-36)65-29-25-52(71-3,26-30-65)50(70)59-43(39-19-23-46(56-33-39)66-35-40(53)34-57-66)15-14-28-55-47(67)16-12-10-8-6-4-5-7-9-11-13-27-54-41-20-17-38(18-21-41)42-22-24-48(68)62-49(42)69/h17-21,23,31-35,42-43,54H,4-16,22,24-30H2,1-3H3,(H,55,67)(H,59,70)(H,62,68,69)(H2,58,60,61,63,64)/t42?,43-/m0/s1. The van der Waals surface area contributed by atoms with Gasteiger partial charge >= 0.3 is 0 Å². The third-order valence-electron chi connectivity index (χ3n) is 13.4. The van der Waals surface area contributed by atoms with E-state index in [1.807, 2.05) is 56.3 Å². The van der Waals surface area contributed by atoms with Crippen molar-refractivity contribution in [3.8, 4) is 5.82 Å². The summed E-state index contributed by atoms with van der Waals surface area (Å²) in [7, 11) is 1.57. The molecule has 0 radical (unpaired) electrons. The molecule has 6 N–H and O–H groups in total. The molecule has 2 saturated heterocycles. The highest BCUT2D eigenvalue weighted by Gasteiger charge is 2.43. The minimum Gasteiger partial charge on any atom is -0.385 e. The van der Waals surface area contributed by atoms with Crippen LogP contribution in [0.4, 0.5) is 27.7 Å². The molecule has 2 atom stereocenters. The van der Waals surface area contributed by atoms with Gasteiger partial charge in [0.15, 0.2) is 17.5 Å². The smallest absolute Gasteiger partial charge is 0.252 e. The third kappa shape index (κ3) is 15.4. The second-order valence-electron chi connectivity index (χ2n) is 18.9. The van der Waals surface area contributed by atoms with Crippen molar-refractivity contribution in [2.75, 3.05) is 48.8 Å². The Balaban J connectivity index is 0.781. The van der Waals surface area contributed by atoms with Crippen LogP contribution in [0.15, 0.2) is 67.1 Å². The number of hydrogen-bond donors (Lipinski definition) is 6. The molecule has 1 aromatic carbocycles. The minimum atomic E-state index is -1.08. The number of benzene rings is 1. The van der Waals surface area contributed by atoms with Crippen molar-refractivity contribution < 1.29 is 28.3 Å². The van der Waals surface area contributed by atoms with E-state index < -0.39 is 17.5 Å². The number of nitrogens with zero attached hydrogens (tertiary/aromatic N) is 7. The largest absolute Gasteiger partial charge is 0.385 e. The molecule has 0 saturated carbocycles. The maximum Gasteiger partial charge on any atom is 0.252 e. The molecule has 2 aliphatic heterocycles. The van der Waals surface area contributed by atoms with E-state index in [9.17, 15) is 23.6 Å². The number of carbonyl (C=O) groups is 4. The SMILES string of the molecule is COC1(C(=O)N[C@@H](CCCNC(=O)CCCCCCCCCCCCNc2ccc(C3CCC(=O)NC3=O)cc2)c2ccc(-n3cc(F)cn3)nc2)CCN(c2nc(C)cc(Nc3cc(C)[nH]n3)n2)CC1. The summed E-state index contributed by atoms with van der Waals surface area (Å²) in [5.74, 6) is 0.964. The van der Waals surface area contributed by atoms with Crippen LogP contribution in [-0.2, 0) is 23.9 Å². The quantitative estimate of drug-likeness (QED) is 0.0217. The van der Waals surface area contributed by atoms with Gasteiger partial charge in [-0.3, -0.25) is 29.6 Å². The molecule has 1 unspecified atom stereocenters. The van der Waals surface area contributed by atoms with Gasteiger partial charge in [0.1, 0.15) is 11.4 Å². The zero-order valence-electron chi connectivity index (χ0n) is 41.4. The highest BCUT2D eigenvalue weighted by Crippen LogP contribution is 2.31. The lowest BCUT2D eigenvalue weighted by Gasteiger charge is -2.40. The molecule has 0 aliphatic carbocycles. The van der Waals surface area contributed by atoms with Gasteiger partial charge in [0.05, 0.1) is 24.4 Å². The first-order chi connectivity index (χ1) is 34.5. The first-order valence-corrected chi connectivity index (χ1v) is 25.3. The zero-order valence-corrected chi connectivity index (χ0v) is 41.4. The first kappa shape index (κ1) is 52.1. The van der Waals surface area contributed by atoms with Crippen molar-refractivity contribution in [2.24, 2.45) is 0 Å². The number of H-pyrrole nitrogens is 1. The van der Waals surface area contributed by atoms with Crippen molar-refractivity contribution in [1.29, 1.82) is 0 Å². The molecule has 18 nitrogen and oxygen atoms in total. The Morgan fingerprint density at radius 2 is 1.61 bits per heavy atom. The monoisotopic (exact) mass is 976 g/mol. The highest BCUT2D eigenvalue weighted by molar-refractivity contribution is 6.01. The van der Waals surface area contributed by atoms with Gasteiger partial charge in [-0.25, -0.2) is 19.0 Å². The molecule has 4 aromatic heterocycles. The molecule has 2 fully saturated rings. The molecule has 6 heterocycles. The molecular formula is C52H70FN13O5. The number of rotatable bonds is 27. The molecule has 0 spiro atoms. The number of methoxy groups -OCH3 is 1. The first-order valence-electron chi connectivity index (χ1n) is 25.3. The molecule has 7 rings (SSSR count). The molecule has 5 aromatic rings. The van der Waals surface area contributed by atoms with Crippen LogP contribution in [0, 0.1) is 19.7 Å². The molecule has 2 aliphatic rings. The lowest BCUT2D eigenvalue weighted by Crippen LogP contribution is -2.55. The molecule has 4 amide bonds. The molecule has 380 valence electrons. The summed E-state index contributed by atoms with van der Waals surface area (Å²) in [4.78, 5) is 66.7. The van der Waals surface area contributed by atoms with Crippen molar-refractivity contribution in [3.05, 3.63) is 95.5 Å². The van der Waals surface area contributed by atoms with Crippen LogP contribution in [0.25, 0.3) is 5.82 Å². The summed E-state index contributed by atoms with van der Waals surface area (Å²) >= 11 is 0. The minimum absolute atomic E-state index is 0.0311. The van der Waals surface area contributed by atoms with Crippen LogP contribution >= 0.6 is 0 Å². The normalized spacial score (nSPS) is 16.1. The van der Waals surface area contributed by atoms with E-state index in [4.69, 9.17) is 9.72 Å². The predicted octanol–water partition coefficient (Wildman–Crippen LogP) is 7.94. The lowest BCUT2D eigenvalue weighted by atomic mass is 9.89. The van der Waals surface area contributed by atoms with Gasteiger partial charge < -0.3 is 30.9 Å². The van der Waals surface area contributed by atoms with Crippen molar-refractivity contribution in [1.82, 2.24) is 50.9 Å². The molecule has 0 bridgehead atoms. The fourth-order valence-electron chi connectivity index (χ4n) is 9.27. The number of nitrogens with one attached hydrogen (secondary N) is 6. The summed E-state index contributed by atoms with van der Waals surface area (Å²) < 4.78 is 21.1. The summed E-state index contributed by atoms with van der Waals surface area (Å²) in [6.45, 7) is 6.21. The van der Waals surface area contributed by atoms with Crippen LogP contribution in [0.3, 0.4) is 0 Å². The Hall–Kier alpha value is -6.76. The summed E-state index contributed by atoms with van der Waals surface area (Å²) in [5, 5.41) is 26.7. The number of carbonyl (C=O) groups excluding carboxylic acids is 4. The van der Waals surface area contributed by atoms with Crippen LogP contribution in [0.2, 0.25) is 0 Å². The van der Waals surface area contributed by atoms with Crippen LogP contribution in [0.5, 0.6) is 0 Å². The number of ether oxygens (including phenoxy) is 1. The number of pyridine rings is 1. The topological polar surface area (TPSA) is 226 Å². The van der Waals surface area contributed by atoms with Crippen LogP contribution < -0.4 is 31.5 Å². The van der Waals surface area contributed by atoms with Gasteiger partial charge in [-0.2, -0.15) is 15.2 Å². The molecule has 71 heavy (non-hydrogen) atoms. The number of piperidine rings is 2. The number of aryl methyl sites for hydroxylation is 2. The van der Waals surface area contributed by atoms with Gasteiger partial charge in [0.25, 0.3) is 5.91 Å². The number of anilines is 4. The number of aromatic nitrogens is 7. The number of halogens is 1. The second kappa shape index (κ2) is 25.9. The summed E-state index contributed by atoms with van der Waals surface area (Å²) in [6.07, 6.45) is 18.8. The van der Waals surface area contributed by atoms with E-state index in [0.29, 0.717) is 88.0 Å². The average molecular weight is 976 g/mol.